The van der Waals surface area contributed by atoms with E-state index in [1.807, 2.05) is 31.2 Å². The van der Waals surface area contributed by atoms with Crippen molar-refractivity contribution in [2.24, 2.45) is 0 Å². The van der Waals surface area contributed by atoms with Crippen LogP contribution in [0.3, 0.4) is 0 Å². The highest BCUT2D eigenvalue weighted by Crippen LogP contribution is 2.31. The minimum absolute atomic E-state index is 0.111. The second-order valence-corrected chi connectivity index (χ2v) is 5.93. The van der Waals surface area contributed by atoms with Crippen molar-refractivity contribution in [3.63, 3.8) is 0 Å². The standard InChI is InChI=1S/C17H12Cl2N2O2/c1-10-2-4-11(5-3-10)16-13(17(22)23)9-20-21(16)15-7-6-12(18)8-14(15)19/h2-9H,1H3,(H,22,23). The summed E-state index contributed by atoms with van der Waals surface area (Å²) in [6.45, 7) is 1.97. The molecule has 1 aromatic heterocycles. The van der Waals surface area contributed by atoms with E-state index in [2.05, 4.69) is 5.10 Å². The zero-order valence-corrected chi connectivity index (χ0v) is 13.6. The first-order chi connectivity index (χ1) is 11.0. The molecule has 0 spiro atoms. The lowest BCUT2D eigenvalue weighted by Gasteiger charge is -2.11. The van der Waals surface area contributed by atoms with Crippen molar-refractivity contribution in [1.29, 1.82) is 0 Å². The van der Waals surface area contributed by atoms with E-state index in [0.29, 0.717) is 21.4 Å². The Bertz CT molecular complexity index is 886. The number of hydrogen-bond donors (Lipinski definition) is 1. The average molecular weight is 347 g/mol. The molecule has 0 fully saturated rings. The van der Waals surface area contributed by atoms with Crippen LogP contribution in [0.25, 0.3) is 16.9 Å². The van der Waals surface area contributed by atoms with E-state index in [-0.39, 0.29) is 5.56 Å². The minimum Gasteiger partial charge on any atom is -0.478 e. The quantitative estimate of drug-likeness (QED) is 0.737. The molecule has 0 saturated carbocycles. The van der Waals surface area contributed by atoms with Crippen molar-refractivity contribution in [1.82, 2.24) is 9.78 Å². The van der Waals surface area contributed by atoms with Gasteiger partial charge in [-0.15, -0.1) is 0 Å². The summed E-state index contributed by atoms with van der Waals surface area (Å²) in [7, 11) is 0. The number of hydrogen-bond acceptors (Lipinski definition) is 2. The number of carboxylic acids is 1. The minimum atomic E-state index is -1.04. The Morgan fingerprint density at radius 3 is 2.43 bits per heavy atom. The number of aromatic nitrogens is 2. The summed E-state index contributed by atoms with van der Waals surface area (Å²) in [6.07, 6.45) is 1.32. The van der Waals surface area contributed by atoms with Gasteiger partial charge < -0.3 is 5.11 Å². The van der Waals surface area contributed by atoms with Gasteiger partial charge in [0.15, 0.2) is 0 Å². The van der Waals surface area contributed by atoms with Gasteiger partial charge in [0.1, 0.15) is 5.56 Å². The molecule has 0 aliphatic heterocycles. The number of benzene rings is 2. The summed E-state index contributed by atoms with van der Waals surface area (Å²) in [6, 6.07) is 12.5. The normalized spacial score (nSPS) is 10.7. The van der Waals surface area contributed by atoms with Crippen LogP contribution >= 0.6 is 23.2 Å². The molecule has 0 saturated heterocycles. The Morgan fingerprint density at radius 2 is 1.83 bits per heavy atom. The molecule has 0 radical (unpaired) electrons. The molecular weight excluding hydrogens is 335 g/mol. The number of rotatable bonds is 3. The number of halogens is 2. The van der Waals surface area contributed by atoms with Gasteiger partial charge in [0.2, 0.25) is 0 Å². The van der Waals surface area contributed by atoms with Crippen LogP contribution in [-0.4, -0.2) is 20.9 Å². The van der Waals surface area contributed by atoms with Crippen molar-refractivity contribution < 1.29 is 9.90 Å². The topological polar surface area (TPSA) is 55.1 Å². The fraction of sp³-hybridized carbons (Fsp3) is 0.0588. The lowest BCUT2D eigenvalue weighted by atomic mass is 10.1. The van der Waals surface area contributed by atoms with Gasteiger partial charge >= 0.3 is 5.97 Å². The second kappa shape index (κ2) is 6.07. The lowest BCUT2D eigenvalue weighted by Crippen LogP contribution is -2.03. The van der Waals surface area contributed by atoms with Crippen LogP contribution in [0.5, 0.6) is 0 Å². The van der Waals surface area contributed by atoms with Crippen LogP contribution in [-0.2, 0) is 0 Å². The van der Waals surface area contributed by atoms with Gasteiger partial charge in [-0.3, -0.25) is 0 Å². The summed E-state index contributed by atoms with van der Waals surface area (Å²) in [5.41, 5.74) is 2.98. The summed E-state index contributed by atoms with van der Waals surface area (Å²) < 4.78 is 1.52. The predicted octanol–water partition coefficient (Wildman–Crippen LogP) is 4.85. The molecule has 1 heterocycles. The van der Waals surface area contributed by atoms with E-state index in [0.717, 1.165) is 11.1 Å². The SMILES string of the molecule is Cc1ccc(-c2c(C(=O)O)cnn2-c2ccc(Cl)cc2Cl)cc1. The Balaban J connectivity index is 2.26. The smallest absolute Gasteiger partial charge is 0.339 e. The van der Waals surface area contributed by atoms with E-state index >= 15 is 0 Å². The molecule has 0 amide bonds. The number of carbonyl (C=O) groups is 1. The van der Waals surface area contributed by atoms with E-state index in [4.69, 9.17) is 23.2 Å². The van der Waals surface area contributed by atoms with E-state index in [9.17, 15) is 9.90 Å². The maximum Gasteiger partial charge on any atom is 0.339 e. The molecule has 0 unspecified atom stereocenters. The second-order valence-electron chi connectivity index (χ2n) is 5.09. The summed E-state index contributed by atoms with van der Waals surface area (Å²) in [5.74, 6) is -1.04. The third kappa shape index (κ3) is 2.96. The zero-order chi connectivity index (χ0) is 16.6. The molecule has 0 bridgehead atoms. The van der Waals surface area contributed by atoms with Crippen molar-refractivity contribution in [2.75, 3.05) is 0 Å². The fourth-order valence-electron chi connectivity index (χ4n) is 2.33. The Hall–Kier alpha value is -2.30. The number of aryl methyl sites for hydroxylation is 1. The number of aromatic carboxylic acids is 1. The average Bonchev–Trinajstić information content (AvgIpc) is 2.93. The van der Waals surface area contributed by atoms with Gasteiger partial charge in [-0.1, -0.05) is 53.0 Å². The highest BCUT2D eigenvalue weighted by atomic mass is 35.5. The molecule has 0 aliphatic rings. The maximum atomic E-state index is 11.5. The summed E-state index contributed by atoms with van der Waals surface area (Å²) in [5, 5.41) is 14.5. The van der Waals surface area contributed by atoms with E-state index < -0.39 is 5.97 Å². The maximum absolute atomic E-state index is 11.5. The van der Waals surface area contributed by atoms with Gasteiger partial charge in [0, 0.05) is 10.6 Å². The molecule has 23 heavy (non-hydrogen) atoms. The van der Waals surface area contributed by atoms with Crippen LogP contribution in [0.1, 0.15) is 15.9 Å². The molecule has 4 nitrogen and oxygen atoms in total. The molecule has 1 N–H and O–H groups in total. The number of carboxylic acid groups (broad SMARTS) is 1. The van der Waals surface area contributed by atoms with Gasteiger partial charge in [-0.05, 0) is 25.1 Å². The first kappa shape index (κ1) is 15.6. The summed E-state index contributed by atoms with van der Waals surface area (Å²) >= 11 is 12.2. The summed E-state index contributed by atoms with van der Waals surface area (Å²) in [4.78, 5) is 11.5. The van der Waals surface area contributed by atoms with Crippen molar-refractivity contribution >= 4 is 29.2 Å². The molecule has 2 aromatic carbocycles. The zero-order valence-electron chi connectivity index (χ0n) is 12.1. The van der Waals surface area contributed by atoms with E-state index in [1.165, 1.54) is 10.9 Å². The van der Waals surface area contributed by atoms with Gasteiger partial charge in [-0.2, -0.15) is 5.10 Å². The third-order valence-electron chi connectivity index (χ3n) is 3.46. The van der Waals surface area contributed by atoms with Crippen LogP contribution in [0, 0.1) is 6.92 Å². The van der Waals surface area contributed by atoms with Gasteiger partial charge in [0.25, 0.3) is 0 Å². The molecule has 3 rings (SSSR count). The van der Waals surface area contributed by atoms with Gasteiger partial charge in [0.05, 0.1) is 22.6 Å². The Kier molecular flexibility index (Phi) is 4.11. The Labute approximate surface area is 142 Å². The first-order valence-corrected chi connectivity index (χ1v) is 7.57. The van der Waals surface area contributed by atoms with Crippen molar-refractivity contribution in [2.45, 2.75) is 6.92 Å². The largest absolute Gasteiger partial charge is 0.478 e. The van der Waals surface area contributed by atoms with Crippen LogP contribution < -0.4 is 0 Å². The molecule has 0 atom stereocenters. The highest BCUT2D eigenvalue weighted by Gasteiger charge is 2.20. The Morgan fingerprint density at radius 1 is 1.13 bits per heavy atom. The number of nitrogens with zero attached hydrogens (tertiary/aromatic N) is 2. The molecule has 3 aromatic rings. The lowest BCUT2D eigenvalue weighted by molar-refractivity contribution is 0.0697. The van der Waals surface area contributed by atoms with Crippen LogP contribution in [0.4, 0.5) is 0 Å². The van der Waals surface area contributed by atoms with Crippen LogP contribution in [0.2, 0.25) is 10.0 Å². The highest BCUT2D eigenvalue weighted by molar-refractivity contribution is 6.35. The molecule has 116 valence electrons. The van der Waals surface area contributed by atoms with Crippen LogP contribution in [0.15, 0.2) is 48.7 Å². The monoisotopic (exact) mass is 346 g/mol. The fourth-order valence-corrected chi connectivity index (χ4v) is 2.82. The first-order valence-electron chi connectivity index (χ1n) is 6.81. The molecule has 0 aliphatic carbocycles. The van der Waals surface area contributed by atoms with Gasteiger partial charge in [-0.25, -0.2) is 9.48 Å². The predicted molar refractivity (Wildman–Crippen MR) is 90.7 cm³/mol. The van der Waals surface area contributed by atoms with Crippen molar-refractivity contribution in [3.8, 4) is 16.9 Å². The third-order valence-corrected chi connectivity index (χ3v) is 4.00. The van der Waals surface area contributed by atoms with Crippen molar-refractivity contribution in [3.05, 3.63) is 69.8 Å². The van der Waals surface area contributed by atoms with E-state index in [1.54, 1.807) is 18.2 Å². The molecule has 6 heteroatoms. The molecular formula is C17H12Cl2N2O2.